The maximum atomic E-state index is 12.0. The maximum absolute atomic E-state index is 12.0. The van der Waals surface area contributed by atoms with Gasteiger partial charge in [0, 0.05) is 11.0 Å². The molecule has 3 aromatic rings. The van der Waals surface area contributed by atoms with Gasteiger partial charge in [-0.25, -0.2) is 4.79 Å². The van der Waals surface area contributed by atoms with Crippen LogP contribution >= 0.6 is 0 Å². The third-order valence-electron chi connectivity index (χ3n) is 3.17. The van der Waals surface area contributed by atoms with Crippen LogP contribution in [0.15, 0.2) is 63.8 Å². The molecule has 0 amide bonds. The van der Waals surface area contributed by atoms with Crippen molar-refractivity contribution in [1.29, 1.82) is 0 Å². The molecule has 0 spiro atoms. The first-order valence-electron chi connectivity index (χ1n) is 6.16. The summed E-state index contributed by atoms with van der Waals surface area (Å²) in [6.45, 7) is 0. The van der Waals surface area contributed by atoms with E-state index < -0.39 is 12.7 Å². The Bertz CT molecular complexity index is 809. The van der Waals surface area contributed by atoms with Gasteiger partial charge in [0.05, 0.1) is 5.39 Å². The first-order chi connectivity index (χ1) is 9.68. The lowest BCUT2D eigenvalue weighted by Gasteiger charge is -2.10. The molecular weight excluding hydrogens is 255 g/mol. The Balaban J connectivity index is 2.44. The number of hydrogen-bond acceptors (Lipinski definition) is 4. The van der Waals surface area contributed by atoms with Crippen molar-refractivity contribution < 1.29 is 14.5 Å². The van der Waals surface area contributed by atoms with Gasteiger partial charge in [-0.3, -0.25) is 0 Å². The summed E-state index contributed by atoms with van der Waals surface area (Å²) < 4.78 is 5.29. The van der Waals surface area contributed by atoms with E-state index in [0.717, 1.165) is 0 Å². The molecule has 0 unspecified atom stereocenters. The van der Waals surface area contributed by atoms with Gasteiger partial charge in [-0.2, -0.15) is 0 Å². The second kappa shape index (κ2) is 4.96. The van der Waals surface area contributed by atoms with Crippen LogP contribution in [0.25, 0.3) is 22.1 Å². The lowest BCUT2D eigenvalue weighted by molar-refractivity contribution is 0.424. The fourth-order valence-electron chi connectivity index (χ4n) is 2.28. The predicted molar refractivity (Wildman–Crippen MR) is 77.7 cm³/mol. The Morgan fingerprint density at radius 1 is 0.850 bits per heavy atom. The smallest absolute Gasteiger partial charge is 0.423 e. The molecule has 5 heteroatoms. The number of benzene rings is 2. The van der Waals surface area contributed by atoms with Gasteiger partial charge in [0.2, 0.25) is 0 Å². The van der Waals surface area contributed by atoms with Crippen molar-refractivity contribution in [2.75, 3.05) is 0 Å². The van der Waals surface area contributed by atoms with Crippen molar-refractivity contribution >= 4 is 23.4 Å². The summed E-state index contributed by atoms with van der Waals surface area (Å²) in [6, 6.07) is 15.6. The standard InChI is InChI=1S/C15H11BO4/c17-15-12-9-5-4-8-11(12)13(16(18)19)14(20-15)10-6-2-1-3-7-10/h1-9,18-19H. The maximum Gasteiger partial charge on any atom is 0.492 e. The molecule has 0 atom stereocenters. The van der Waals surface area contributed by atoms with E-state index in [0.29, 0.717) is 16.3 Å². The number of hydrogen-bond donors (Lipinski definition) is 2. The molecule has 0 saturated carbocycles. The van der Waals surface area contributed by atoms with Crippen molar-refractivity contribution in [3.8, 4) is 11.3 Å². The van der Waals surface area contributed by atoms with E-state index in [1.165, 1.54) is 0 Å². The van der Waals surface area contributed by atoms with Gasteiger partial charge in [0.1, 0.15) is 5.76 Å². The fourth-order valence-corrected chi connectivity index (χ4v) is 2.28. The van der Waals surface area contributed by atoms with Gasteiger partial charge in [-0.15, -0.1) is 0 Å². The van der Waals surface area contributed by atoms with E-state index >= 15 is 0 Å². The highest BCUT2D eigenvalue weighted by molar-refractivity contribution is 6.63. The topological polar surface area (TPSA) is 70.7 Å². The van der Waals surface area contributed by atoms with Gasteiger partial charge < -0.3 is 14.5 Å². The highest BCUT2D eigenvalue weighted by atomic mass is 16.4. The lowest BCUT2D eigenvalue weighted by atomic mass is 9.75. The van der Waals surface area contributed by atoms with Crippen molar-refractivity contribution in [3.63, 3.8) is 0 Å². The van der Waals surface area contributed by atoms with Crippen molar-refractivity contribution in [1.82, 2.24) is 0 Å². The first-order valence-corrected chi connectivity index (χ1v) is 6.16. The summed E-state index contributed by atoms with van der Waals surface area (Å²) in [5.74, 6) is 0.185. The molecular formula is C15H11BO4. The van der Waals surface area contributed by atoms with Gasteiger partial charge in [-0.1, -0.05) is 48.5 Å². The van der Waals surface area contributed by atoms with Gasteiger partial charge in [0.15, 0.2) is 0 Å². The average Bonchev–Trinajstić information content (AvgIpc) is 2.47. The summed E-state index contributed by atoms with van der Waals surface area (Å²) in [4.78, 5) is 12.0. The molecule has 1 aromatic heterocycles. The van der Waals surface area contributed by atoms with Crippen LogP contribution in [0.4, 0.5) is 0 Å². The Kier molecular flexibility index (Phi) is 3.14. The van der Waals surface area contributed by atoms with Crippen LogP contribution in [0.2, 0.25) is 0 Å². The largest absolute Gasteiger partial charge is 0.492 e. The zero-order valence-electron chi connectivity index (χ0n) is 10.5. The minimum atomic E-state index is -1.72. The Morgan fingerprint density at radius 3 is 2.10 bits per heavy atom. The van der Waals surface area contributed by atoms with Gasteiger partial charge >= 0.3 is 12.7 Å². The Hall–Kier alpha value is -2.37. The van der Waals surface area contributed by atoms with Crippen LogP contribution in [-0.2, 0) is 0 Å². The van der Waals surface area contributed by atoms with Gasteiger partial charge in [0.25, 0.3) is 0 Å². The van der Waals surface area contributed by atoms with E-state index in [1.54, 1.807) is 48.5 Å². The average molecular weight is 266 g/mol. The molecule has 0 aliphatic carbocycles. The molecule has 2 aromatic carbocycles. The van der Waals surface area contributed by atoms with Crippen LogP contribution in [0.3, 0.4) is 0 Å². The summed E-state index contributed by atoms with van der Waals surface area (Å²) in [7, 11) is -1.72. The minimum absolute atomic E-state index is 0.185. The van der Waals surface area contributed by atoms with Crippen molar-refractivity contribution in [2.45, 2.75) is 0 Å². The fraction of sp³-hybridized carbons (Fsp3) is 0. The molecule has 0 aliphatic rings. The SMILES string of the molecule is O=c1oc(-c2ccccc2)c(B(O)O)c2ccccc12. The van der Waals surface area contributed by atoms with Crippen LogP contribution in [0, 0.1) is 0 Å². The third-order valence-corrected chi connectivity index (χ3v) is 3.17. The quantitative estimate of drug-likeness (QED) is 0.682. The molecule has 0 radical (unpaired) electrons. The lowest BCUT2D eigenvalue weighted by Crippen LogP contribution is -2.34. The van der Waals surface area contributed by atoms with E-state index in [9.17, 15) is 14.8 Å². The van der Waals surface area contributed by atoms with Crippen molar-refractivity contribution in [2.24, 2.45) is 0 Å². The summed E-state index contributed by atoms with van der Waals surface area (Å²) >= 11 is 0. The molecule has 0 bridgehead atoms. The molecule has 0 aliphatic heterocycles. The predicted octanol–water partition coefficient (Wildman–Crippen LogP) is 1.14. The van der Waals surface area contributed by atoms with E-state index in [2.05, 4.69) is 0 Å². The van der Waals surface area contributed by atoms with E-state index in [4.69, 9.17) is 4.42 Å². The monoisotopic (exact) mass is 266 g/mol. The Labute approximate surface area is 115 Å². The van der Waals surface area contributed by atoms with Crippen LogP contribution in [0.5, 0.6) is 0 Å². The number of rotatable bonds is 2. The second-order valence-corrected chi connectivity index (χ2v) is 4.42. The molecule has 98 valence electrons. The molecule has 0 fully saturated rings. The highest BCUT2D eigenvalue weighted by Crippen LogP contribution is 2.20. The molecule has 1 heterocycles. The molecule has 2 N–H and O–H groups in total. The van der Waals surface area contributed by atoms with Gasteiger partial charge in [-0.05, 0) is 11.5 Å². The summed E-state index contributed by atoms with van der Waals surface area (Å²) in [5, 5.41) is 20.1. The van der Waals surface area contributed by atoms with Crippen LogP contribution < -0.4 is 11.1 Å². The van der Waals surface area contributed by atoms with E-state index in [-0.39, 0.29) is 11.2 Å². The van der Waals surface area contributed by atoms with Crippen LogP contribution in [-0.4, -0.2) is 17.2 Å². The molecule has 3 rings (SSSR count). The van der Waals surface area contributed by atoms with E-state index in [1.807, 2.05) is 6.07 Å². The second-order valence-electron chi connectivity index (χ2n) is 4.42. The minimum Gasteiger partial charge on any atom is -0.423 e. The number of fused-ring (bicyclic) bond motifs is 1. The molecule has 4 nitrogen and oxygen atoms in total. The molecule has 20 heavy (non-hydrogen) atoms. The highest BCUT2D eigenvalue weighted by Gasteiger charge is 2.24. The zero-order chi connectivity index (χ0) is 14.1. The Morgan fingerprint density at radius 2 is 1.45 bits per heavy atom. The normalized spacial score (nSPS) is 10.7. The molecule has 0 saturated heterocycles. The zero-order valence-corrected chi connectivity index (χ0v) is 10.5. The third kappa shape index (κ3) is 2.03. The van der Waals surface area contributed by atoms with Crippen LogP contribution in [0.1, 0.15) is 0 Å². The summed E-state index contributed by atoms with van der Waals surface area (Å²) in [6.07, 6.45) is 0. The first kappa shape index (κ1) is 12.7. The summed E-state index contributed by atoms with van der Waals surface area (Å²) in [5.41, 5.74) is 0.328. The van der Waals surface area contributed by atoms with Crippen molar-refractivity contribution in [3.05, 3.63) is 65.0 Å².